The molecule has 0 heterocycles. The second kappa shape index (κ2) is 16.2. The van der Waals surface area contributed by atoms with Gasteiger partial charge in [-0.05, 0) is 0 Å². The van der Waals surface area contributed by atoms with Crippen molar-refractivity contribution in [2.75, 3.05) is 24.6 Å². The Morgan fingerprint density at radius 3 is 1.15 bits per heavy atom. The van der Waals surface area contributed by atoms with Crippen molar-refractivity contribution < 1.29 is 47.7 Å². The quantitative estimate of drug-likeness (QED) is 0.209. The Bertz CT molecular complexity index is 1080. The summed E-state index contributed by atoms with van der Waals surface area (Å²) in [7, 11) is -0.0425. The fraction of sp³-hybridized carbons (Fsp3) is 0.529. The number of halogens is 2. The third-order valence-electron chi connectivity index (χ3n) is 8.24. The van der Waals surface area contributed by atoms with Crippen LogP contribution in [-0.4, -0.2) is 24.6 Å². The number of hydrogen-bond acceptors (Lipinski definition) is 0. The summed E-state index contributed by atoms with van der Waals surface area (Å²) in [6.07, 6.45) is 16.4. The zero-order chi connectivity index (χ0) is 26.7. The van der Waals surface area contributed by atoms with Gasteiger partial charge in [0.05, 0.1) is 0 Å². The number of fused-ring (bicyclic) bond motifs is 2. The molecule has 2 aromatic carbocycles. The van der Waals surface area contributed by atoms with Crippen molar-refractivity contribution in [2.24, 2.45) is 0 Å². The van der Waals surface area contributed by atoms with Crippen LogP contribution in [0.4, 0.5) is 0 Å². The predicted octanol–water partition coefficient (Wildman–Crippen LogP) is 5.11. The van der Waals surface area contributed by atoms with E-state index >= 15 is 0 Å². The van der Waals surface area contributed by atoms with Gasteiger partial charge >= 0.3 is 243 Å². The molecule has 0 N–H and O–H groups in total. The zero-order valence-electron chi connectivity index (χ0n) is 25.4. The molecule has 0 radical (unpaired) electrons. The van der Waals surface area contributed by atoms with Crippen molar-refractivity contribution in [3.8, 4) is 0 Å². The molecule has 0 aromatic heterocycles. The first-order valence-corrected chi connectivity index (χ1v) is 22.3. The molecule has 0 amide bonds. The van der Waals surface area contributed by atoms with E-state index in [0.29, 0.717) is 0 Å². The standard InChI is InChI=1S/2C17H24P.2ClH.Hf/c2*1-5-9-18(10-6-2)15-11-16-13(3)7-8-14(4)17(16)12-15;;;/h2*7-8,11-12H,5-6,9-10H2,1-4H3;2*1H;/q;;;;+2/p-2. The molecule has 0 bridgehead atoms. The molecule has 4 rings (SSSR count). The van der Waals surface area contributed by atoms with E-state index in [2.05, 4.69) is 91.8 Å². The van der Waals surface area contributed by atoms with E-state index in [-0.39, 0.29) is 40.7 Å². The summed E-state index contributed by atoms with van der Waals surface area (Å²) in [4.78, 5) is 0. The number of rotatable bonds is 12. The van der Waals surface area contributed by atoms with Crippen LogP contribution in [0.15, 0.2) is 34.9 Å². The Hall–Kier alpha value is 0.230. The Morgan fingerprint density at radius 1 is 0.538 bits per heavy atom. The molecule has 0 nitrogen and oxygen atoms in total. The molecular formula is C34H48Cl2HfP2. The average Bonchev–Trinajstić information content (AvgIpc) is 3.45. The van der Waals surface area contributed by atoms with Crippen LogP contribution >= 0.6 is 15.8 Å². The molecule has 2 aromatic rings. The topological polar surface area (TPSA) is 0 Å². The second-order valence-electron chi connectivity index (χ2n) is 11.2. The normalized spacial score (nSPS) is 17.3. The summed E-state index contributed by atoms with van der Waals surface area (Å²) in [5, 5.41) is 3.81. The van der Waals surface area contributed by atoms with Gasteiger partial charge in [-0.25, -0.2) is 0 Å². The van der Waals surface area contributed by atoms with Gasteiger partial charge < -0.3 is 24.8 Å². The first-order chi connectivity index (χ1) is 17.9. The first kappa shape index (κ1) is 35.4. The summed E-state index contributed by atoms with van der Waals surface area (Å²) in [6.45, 7) is 19.2. The monoisotopic (exact) mass is 768 g/mol. The minimum Gasteiger partial charge on any atom is -1.00 e. The van der Waals surface area contributed by atoms with E-state index in [0.717, 1.165) is 7.35 Å². The van der Waals surface area contributed by atoms with Gasteiger partial charge in [0.25, 0.3) is 0 Å². The summed E-state index contributed by atoms with van der Waals surface area (Å²) >= 11 is -1.18. The van der Waals surface area contributed by atoms with E-state index in [9.17, 15) is 0 Å². The molecule has 0 aliphatic heterocycles. The largest absolute Gasteiger partial charge is 1.00 e. The van der Waals surface area contributed by atoms with Gasteiger partial charge in [-0.3, -0.25) is 0 Å². The number of hydrogen-bond donors (Lipinski definition) is 0. The zero-order valence-corrected chi connectivity index (χ0v) is 32.3. The second-order valence-corrected chi connectivity index (χ2v) is 21.5. The predicted molar refractivity (Wildman–Crippen MR) is 168 cm³/mol. The van der Waals surface area contributed by atoms with Gasteiger partial charge in [0.2, 0.25) is 0 Å². The SMILES string of the molecule is CCCP(CCC)C1=Cc2c(C)ccc(C)c2[CH]1[Hf+2][CH]1C(P(CCC)CCC)=Cc2c(C)ccc(C)c21.[Cl-].[Cl-]. The third kappa shape index (κ3) is 7.42. The Labute approximate surface area is 266 Å². The van der Waals surface area contributed by atoms with E-state index in [1.165, 1.54) is 61.5 Å². The molecule has 2 aliphatic carbocycles. The fourth-order valence-corrected chi connectivity index (χ4v) is 23.9. The first-order valence-electron chi connectivity index (χ1n) is 14.7. The molecule has 2 aliphatic rings. The van der Waals surface area contributed by atoms with Crippen molar-refractivity contribution in [2.45, 2.75) is 88.4 Å². The van der Waals surface area contributed by atoms with Crippen LogP contribution in [0.1, 0.15) is 105 Å². The van der Waals surface area contributed by atoms with Gasteiger partial charge in [-0.2, -0.15) is 0 Å². The molecule has 5 heteroatoms. The van der Waals surface area contributed by atoms with Crippen molar-refractivity contribution in [3.05, 3.63) is 79.4 Å². The molecule has 0 saturated heterocycles. The maximum atomic E-state index is 2.73. The summed E-state index contributed by atoms with van der Waals surface area (Å²) < 4.78 is 1.55. The minimum atomic E-state index is -1.18. The van der Waals surface area contributed by atoms with Crippen LogP contribution in [0.5, 0.6) is 0 Å². The molecule has 2 atom stereocenters. The van der Waals surface area contributed by atoms with E-state index in [1.807, 2.05) is 10.6 Å². The Balaban J connectivity index is 0.00000267. The summed E-state index contributed by atoms with van der Waals surface area (Å²) in [5.41, 5.74) is 12.9. The van der Waals surface area contributed by atoms with Gasteiger partial charge in [-0.1, -0.05) is 0 Å². The fourth-order valence-electron chi connectivity index (χ4n) is 6.49. The van der Waals surface area contributed by atoms with Crippen LogP contribution in [0.25, 0.3) is 12.2 Å². The average molecular weight is 768 g/mol. The van der Waals surface area contributed by atoms with Crippen LogP contribution in [-0.2, 0) is 22.9 Å². The molecular weight excluding hydrogens is 720 g/mol. The molecule has 2 unspecified atom stereocenters. The van der Waals surface area contributed by atoms with E-state index in [1.54, 1.807) is 33.4 Å². The number of aryl methyl sites for hydroxylation is 4. The maximum absolute atomic E-state index is 2.73. The smallest absolute Gasteiger partial charge is 1.00 e. The van der Waals surface area contributed by atoms with Gasteiger partial charge in [-0.15, -0.1) is 0 Å². The van der Waals surface area contributed by atoms with E-state index < -0.39 is 22.9 Å². The van der Waals surface area contributed by atoms with Gasteiger partial charge in [0.1, 0.15) is 0 Å². The molecule has 0 spiro atoms. The van der Waals surface area contributed by atoms with Crippen molar-refractivity contribution in [1.29, 1.82) is 0 Å². The van der Waals surface area contributed by atoms with Crippen LogP contribution < -0.4 is 24.8 Å². The summed E-state index contributed by atoms with van der Waals surface area (Å²) in [6, 6.07) is 9.62. The minimum absolute atomic E-state index is 0. The molecule has 212 valence electrons. The number of allylic oxidation sites excluding steroid dienone is 2. The molecule has 0 fully saturated rings. The molecule has 0 saturated carbocycles. The van der Waals surface area contributed by atoms with Crippen LogP contribution in [0.2, 0.25) is 0 Å². The maximum Gasteiger partial charge on any atom is -1.00 e. The van der Waals surface area contributed by atoms with E-state index in [4.69, 9.17) is 0 Å². The Kier molecular flexibility index (Phi) is 14.7. The summed E-state index contributed by atoms with van der Waals surface area (Å²) in [5.74, 6) is 0. The molecule has 39 heavy (non-hydrogen) atoms. The van der Waals surface area contributed by atoms with Crippen molar-refractivity contribution >= 4 is 28.0 Å². The van der Waals surface area contributed by atoms with Crippen LogP contribution in [0, 0.1) is 27.7 Å². The van der Waals surface area contributed by atoms with Crippen LogP contribution in [0.3, 0.4) is 0 Å². The van der Waals surface area contributed by atoms with Crippen molar-refractivity contribution in [3.63, 3.8) is 0 Å². The van der Waals surface area contributed by atoms with Gasteiger partial charge in [0, 0.05) is 0 Å². The third-order valence-corrected chi connectivity index (χ3v) is 22.9. The number of benzene rings is 2. The van der Waals surface area contributed by atoms with Crippen molar-refractivity contribution in [1.82, 2.24) is 0 Å². The Morgan fingerprint density at radius 2 is 0.846 bits per heavy atom. The van der Waals surface area contributed by atoms with Gasteiger partial charge in [0.15, 0.2) is 0 Å².